The normalized spacial score (nSPS) is 19.7. The molecule has 0 aromatic heterocycles. The molecule has 0 saturated carbocycles. The summed E-state index contributed by atoms with van der Waals surface area (Å²) in [4.78, 5) is 39.5. The van der Waals surface area contributed by atoms with Crippen molar-refractivity contribution in [3.63, 3.8) is 0 Å². The highest BCUT2D eigenvalue weighted by Crippen LogP contribution is 2.44. The van der Waals surface area contributed by atoms with Gasteiger partial charge in [0.2, 0.25) is 5.91 Å². The molecule has 186 valence electrons. The average molecular weight is 479 g/mol. The van der Waals surface area contributed by atoms with Crippen LogP contribution in [0, 0.1) is 10.8 Å². The van der Waals surface area contributed by atoms with E-state index in [2.05, 4.69) is 29.6 Å². The number of hydrogen-bond donors (Lipinski definition) is 2. The first kappa shape index (κ1) is 24.8. The number of carbonyl (C=O) groups is 3. The molecular formula is C28H34N2O5. The number of rotatable bonds is 6. The van der Waals surface area contributed by atoms with Gasteiger partial charge in [0, 0.05) is 19.0 Å². The van der Waals surface area contributed by atoms with Crippen molar-refractivity contribution in [1.82, 2.24) is 10.2 Å². The fourth-order valence-corrected chi connectivity index (χ4v) is 5.02. The van der Waals surface area contributed by atoms with Crippen LogP contribution in [-0.2, 0) is 14.3 Å². The van der Waals surface area contributed by atoms with E-state index in [0.717, 1.165) is 22.3 Å². The molecule has 2 aliphatic rings. The minimum atomic E-state index is -0.984. The molecular weight excluding hydrogens is 444 g/mol. The van der Waals surface area contributed by atoms with E-state index in [0.29, 0.717) is 13.0 Å². The maximum absolute atomic E-state index is 13.4. The SMILES string of the molecule is CC1(C(=O)O)CCN(C(=O)C(C)(C)C(C)(C)NC(=O)OCC2c3ccccc3-c3ccccc32)C1. The van der Waals surface area contributed by atoms with Gasteiger partial charge in [0.25, 0.3) is 0 Å². The molecule has 1 unspecified atom stereocenters. The third-order valence-corrected chi connectivity index (χ3v) is 8.13. The lowest BCUT2D eigenvalue weighted by molar-refractivity contribution is -0.148. The molecule has 1 atom stereocenters. The summed E-state index contributed by atoms with van der Waals surface area (Å²) >= 11 is 0. The van der Waals surface area contributed by atoms with E-state index in [1.807, 2.05) is 24.3 Å². The summed E-state index contributed by atoms with van der Waals surface area (Å²) in [5.74, 6) is -1.14. The monoisotopic (exact) mass is 478 g/mol. The van der Waals surface area contributed by atoms with Crippen molar-refractivity contribution >= 4 is 18.0 Å². The predicted octanol–water partition coefficient (Wildman–Crippen LogP) is 4.65. The lowest BCUT2D eigenvalue weighted by Gasteiger charge is -2.42. The Balaban J connectivity index is 1.42. The highest BCUT2D eigenvalue weighted by Gasteiger charge is 2.50. The Labute approximate surface area is 206 Å². The number of carboxylic acid groups (broad SMARTS) is 1. The summed E-state index contributed by atoms with van der Waals surface area (Å²) in [5.41, 5.74) is 1.71. The molecule has 2 aromatic rings. The maximum Gasteiger partial charge on any atom is 0.407 e. The van der Waals surface area contributed by atoms with E-state index in [9.17, 15) is 19.5 Å². The number of fused-ring (bicyclic) bond motifs is 3. The van der Waals surface area contributed by atoms with Crippen molar-refractivity contribution in [2.45, 2.75) is 52.5 Å². The third kappa shape index (κ3) is 4.28. The highest BCUT2D eigenvalue weighted by atomic mass is 16.5. The average Bonchev–Trinajstić information content (AvgIpc) is 3.36. The van der Waals surface area contributed by atoms with Gasteiger partial charge in [-0.1, -0.05) is 48.5 Å². The Morgan fingerprint density at radius 3 is 2.09 bits per heavy atom. The lowest BCUT2D eigenvalue weighted by atomic mass is 9.73. The molecule has 2 aromatic carbocycles. The van der Waals surface area contributed by atoms with Gasteiger partial charge in [-0.25, -0.2) is 4.79 Å². The summed E-state index contributed by atoms with van der Waals surface area (Å²) in [6.45, 7) is 9.52. The van der Waals surface area contributed by atoms with Crippen LogP contribution >= 0.6 is 0 Å². The molecule has 4 rings (SSSR count). The quantitative estimate of drug-likeness (QED) is 0.630. The van der Waals surface area contributed by atoms with Gasteiger partial charge in [0.1, 0.15) is 6.61 Å². The Morgan fingerprint density at radius 2 is 1.57 bits per heavy atom. The van der Waals surface area contributed by atoms with E-state index in [1.165, 1.54) is 0 Å². The van der Waals surface area contributed by atoms with Crippen LogP contribution in [0.15, 0.2) is 48.5 Å². The van der Waals surface area contributed by atoms with Gasteiger partial charge >= 0.3 is 12.1 Å². The number of carboxylic acids is 1. The molecule has 7 nitrogen and oxygen atoms in total. The smallest absolute Gasteiger partial charge is 0.407 e. The van der Waals surface area contributed by atoms with Crippen molar-refractivity contribution in [2.24, 2.45) is 10.8 Å². The second-order valence-electron chi connectivity index (χ2n) is 11.0. The second-order valence-corrected chi connectivity index (χ2v) is 11.0. The number of carbonyl (C=O) groups excluding carboxylic acids is 2. The van der Waals surface area contributed by atoms with Crippen molar-refractivity contribution in [3.8, 4) is 11.1 Å². The van der Waals surface area contributed by atoms with E-state index < -0.39 is 28.4 Å². The number of aliphatic carboxylic acids is 1. The van der Waals surface area contributed by atoms with Crippen LogP contribution < -0.4 is 5.32 Å². The van der Waals surface area contributed by atoms with Crippen molar-refractivity contribution in [3.05, 3.63) is 59.7 Å². The van der Waals surface area contributed by atoms with Crippen LogP contribution in [0.3, 0.4) is 0 Å². The zero-order valence-electron chi connectivity index (χ0n) is 21.1. The molecule has 1 aliphatic carbocycles. The first-order chi connectivity index (χ1) is 16.4. The van der Waals surface area contributed by atoms with Crippen LogP contribution in [0.4, 0.5) is 4.79 Å². The van der Waals surface area contributed by atoms with Crippen molar-refractivity contribution in [2.75, 3.05) is 19.7 Å². The minimum Gasteiger partial charge on any atom is -0.481 e. The van der Waals surface area contributed by atoms with E-state index in [1.54, 1.807) is 39.5 Å². The van der Waals surface area contributed by atoms with Gasteiger partial charge in [-0.3, -0.25) is 9.59 Å². The largest absolute Gasteiger partial charge is 0.481 e. The number of benzene rings is 2. The lowest BCUT2D eigenvalue weighted by Crippen LogP contribution is -2.60. The summed E-state index contributed by atoms with van der Waals surface area (Å²) < 4.78 is 5.69. The van der Waals surface area contributed by atoms with Crippen molar-refractivity contribution < 1.29 is 24.2 Å². The van der Waals surface area contributed by atoms with E-state index >= 15 is 0 Å². The van der Waals surface area contributed by atoms with Gasteiger partial charge in [-0.15, -0.1) is 0 Å². The molecule has 7 heteroatoms. The number of amides is 2. The zero-order chi connectivity index (χ0) is 25.6. The fourth-order valence-electron chi connectivity index (χ4n) is 5.02. The van der Waals surface area contributed by atoms with Gasteiger partial charge in [0.15, 0.2) is 0 Å². The number of alkyl carbamates (subject to hydrolysis) is 1. The predicted molar refractivity (Wildman–Crippen MR) is 133 cm³/mol. The molecule has 1 fully saturated rings. The zero-order valence-corrected chi connectivity index (χ0v) is 21.1. The molecule has 2 amide bonds. The number of hydrogen-bond acceptors (Lipinski definition) is 4. The van der Waals surface area contributed by atoms with Gasteiger partial charge in [-0.2, -0.15) is 0 Å². The Bertz CT molecular complexity index is 1130. The molecule has 1 saturated heterocycles. The number of nitrogens with zero attached hydrogens (tertiary/aromatic N) is 1. The van der Waals surface area contributed by atoms with Crippen LogP contribution in [0.1, 0.15) is 58.1 Å². The summed E-state index contributed by atoms with van der Waals surface area (Å²) in [7, 11) is 0. The summed E-state index contributed by atoms with van der Waals surface area (Å²) in [6, 6.07) is 16.3. The molecule has 35 heavy (non-hydrogen) atoms. The van der Waals surface area contributed by atoms with E-state index in [-0.39, 0.29) is 25.0 Å². The Morgan fingerprint density at radius 1 is 1.03 bits per heavy atom. The molecule has 0 bridgehead atoms. The minimum absolute atomic E-state index is 0.0517. The Hall–Kier alpha value is -3.35. The fraction of sp³-hybridized carbons (Fsp3) is 0.464. The molecule has 2 N–H and O–H groups in total. The van der Waals surface area contributed by atoms with Crippen LogP contribution in [0.2, 0.25) is 0 Å². The number of ether oxygens (including phenoxy) is 1. The van der Waals surface area contributed by atoms with Gasteiger partial charge < -0.3 is 20.1 Å². The highest BCUT2D eigenvalue weighted by molar-refractivity contribution is 5.86. The van der Waals surface area contributed by atoms with Gasteiger partial charge in [-0.05, 0) is 63.3 Å². The topological polar surface area (TPSA) is 95.9 Å². The number of likely N-dealkylation sites (tertiary alicyclic amines) is 1. The first-order valence-corrected chi connectivity index (χ1v) is 12.0. The van der Waals surface area contributed by atoms with Crippen LogP contribution in [0.25, 0.3) is 11.1 Å². The first-order valence-electron chi connectivity index (χ1n) is 12.0. The summed E-state index contributed by atoms with van der Waals surface area (Å²) in [5, 5.41) is 12.4. The van der Waals surface area contributed by atoms with E-state index in [4.69, 9.17) is 4.74 Å². The van der Waals surface area contributed by atoms with Gasteiger partial charge in [0.05, 0.1) is 16.4 Å². The Kier molecular flexibility index (Phi) is 6.16. The maximum atomic E-state index is 13.4. The number of nitrogens with one attached hydrogen (secondary N) is 1. The third-order valence-electron chi connectivity index (χ3n) is 8.13. The summed E-state index contributed by atoms with van der Waals surface area (Å²) in [6.07, 6.45) is -0.181. The standard InChI is InChI=1S/C28H34N2O5/c1-26(2,23(31)30-15-14-28(5,17-30)24(32)33)27(3,4)29-25(34)35-16-22-20-12-8-6-10-18(20)19-11-7-9-13-21(19)22/h6-13,22H,14-17H2,1-5H3,(H,29,34)(H,32,33). The van der Waals surface area contributed by atoms with Crippen molar-refractivity contribution in [1.29, 1.82) is 0 Å². The molecule has 0 radical (unpaired) electrons. The van der Waals surface area contributed by atoms with Crippen LogP contribution in [-0.4, -0.2) is 53.2 Å². The second kappa shape index (κ2) is 8.70. The molecule has 0 spiro atoms. The molecule has 1 aliphatic heterocycles. The van der Waals surface area contributed by atoms with Crippen LogP contribution in [0.5, 0.6) is 0 Å². The molecule has 1 heterocycles.